The number of para-hydroxylation sites is 1. The first-order valence-corrected chi connectivity index (χ1v) is 6.77. The Morgan fingerprint density at radius 3 is 2.72 bits per heavy atom. The second kappa shape index (κ2) is 5.98. The zero-order valence-electron chi connectivity index (χ0n) is 10.6. The lowest BCUT2D eigenvalue weighted by Gasteiger charge is -2.09. The van der Waals surface area contributed by atoms with Crippen LogP contribution in [0, 0.1) is 13.8 Å². The fourth-order valence-corrected chi connectivity index (χ4v) is 2.56. The van der Waals surface area contributed by atoms with Crippen LogP contribution in [0.15, 0.2) is 24.3 Å². The van der Waals surface area contributed by atoms with Crippen molar-refractivity contribution < 1.29 is 9.84 Å². The number of thiazole rings is 1. The van der Waals surface area contributed by atoms with Crippen molar-refractivity contribution in [1.29, 1.82) is 0 Å². The minimum Gasteiger partial charge on any atom is -0.486 e. The van der Waals surface area contributed by atoms with E-state index in [0.29, 0.717) is 13.0 Å². The van der Waals surface area contributed by atoms with Gasteiger partial charge in [-0.1, -0.05) is 18.2 Å². The molecule has 0 bridgehead atoms. The summed E-state index contributed by atoms with van der Waals surface area (Å²) in [5.74, 6) is 0.831. The minimum atomic E-state index is 0.135. The number of benzene rings is 1. The minimum absolute atomic E-state index is 0.135. The lowest BCUT2D eigenvalue weighted by molar-refractivity contribution is 0.283. The van der Waals surface area contributed by atoms with Gasteiger partial charge in [0.25, 0.3) is 0 Å². The highest BCUT2D eigenvalue weighted by Crippen LogP contribution is 2.22. The van der Waals surface area contributed by atoms with Gasteiger partial charge in [0.05, 0.1) is 5.69 Å². The molecule has 18 heavy (non-hydrogen) atoms. The zero-order valence-corrected chi connectivity index (χ0v) is 11.5. The molecule has 0 saturated carbocycles. The van der Waals surface area contributed by atoms with Crippen molar-refractivity contribution in [2.24, 2.45) is 0 Å². The van der Waals surface area contributed by atoms with Gasteiger partial charge in [0.1, 0.15) is 17.4 Å². The summed E-state index contributed by atoms with van der Waals surface area (Å²) in [6.45, 7) is 4.70. The van der Waals surface area contributed by atoms with Crippen LogP contribution in [0.2, 0.25) is 0 Å². The number of aryl methyl sites for hydroxylation is 2. The molecule has 1 aromatic heterocycles. The zero-order chi connectivity index (χ0) is 13.0. The van der Waals surface area contributed by atoms with Crippen LogP contribution in [0.3, 0.4) is 0 Å². The summed E-state index contributed by atoms with van der Waals surface area (Å²) in [6, 6.07) is 7.80. The Morgan fingerprint density at radius 2 is 2.06 bits per heavy atom. The van der Waals surface area contributed by atoms with E-state index in [9.17, 15) is 0 Å². The molecule has 0 aliphatic rings. The third-order valence-electron chi connectivity index (χ3n) is 2.78. The van der Waals surface area contributed by atoms with Crippen molar-refractivity contribution in [3.63, 3.8) is 0 Å². The van der Waals surface area contributed by atoms with Crippen molar-refractivity contribution in [2.45, 2.75) is 26.9 Å². The van der Waals surface area contributed by atoms with Gasteiger partial charge in [0, 0.05) is 11.5 Å². The first-order valence-electron chi connectivity index (χ1n) is 5.95. The molecular formula is C14H17NO2S. The fraction of sp³-hybridized carbons (Fsp3) is 0.357. The maximum Gasteiger partial charge on any atom is 0.140 e. The molecule has 3 nitrogen and oxygen atoms in total. The van der Waals surface area contributed by atoms with E-state index >= 15 is 0 Å². The predicted octanol–water partition coefficient (Wildman–Crippen LogP) is 2.87. The molecule has 0 amide bonds. The van der Waals surface area contributed by atoms with Crippen LogP contribution in [0.4, 0.5) is 0 Å². The van der Waals surface area contributed by atoms with Crippen LogP contribution < -0.4 is 4.74 Å². The Labute approximate surface area is 111 Å². The Kier molecular flexibility index (Phi) is 4.33. The van der Waals surface area contributed by atoms with Gasteiger partial charge in [0.2, 0.25) is 0 Å². The van der Waals surface area contributed by atoms with E-state index < -0.39 is 0 Å². The van der Waals surface area contributed by atoms with Crippen LogP contribution in [0.1, 0.15) is 21.1 Å². The summed E-state index contributed by atoms with van der Waals surface area (Å²) in [7, 11) is 0. The average Bonchev–Trinajstić information content (AvgIpc) is 2.68. The molecule has 1 N–H and O–H groups in total. The smallest absolute Gasteiger partial charge is 0.140 e. The van der Waals surface area contributed by atoms with Gasteiger partial charge in [-0.25, -0.2) is 4.98 Å². The number of aromatic nitrogens is 1. The van der Waals surface area contributed by atoms with Crippen LogP contribution in [0.5, 0.6) is 5.75 Å². The number of aliphatic hydroxyl groups excluding tert-OH is 1. The van der Waals surface area contributed by atoms with Gasteiger partial charge in [0.15, 0.2) is 0 Å². The molecule has 0 saturated heterocycles. The highest BCUT2D eigenvalue weighted by Gasteiger charge is 2.06. The first-order chi connectivity index (χ1) is 8.70. The summed E-state index contributed by atoms with van der Waals surface area (Å²) in [6.07, 6.45) is 0.617. The molecule has 4 heteroatoms. The molecule has 0 aliphatic carbocycles. The maximum atomic E-state index is 9.00. The normalized spacial score (nSPS) is 10.6. The molecule has 96 valence electrons. The standard InChI is InChI=1S/C14H17NO2S/c1-10-11(2)18-14(15-10)9-17-13-6-4-3-5-12(13)7-8-16/h3-6,16H,7-9H2,1-2H3. The number of rotatable bonds is 5. The number of hydrogen-bond donors (Lipinski definition) is 1. The number of ether oxygens (including phenoxy) is 1. The molecule has 2 aromatic rings. The lowest BCUT2D eigenvalue weighted by Crippen LogP contribution is -2.00. The molecule has 0 fully saturated rings. The average molecular weight is 263 g/mol. The molecule has 0 unspecified atom stereocenters. The Balaban J connectivity index is 2.05. The second-order valence-corrected chi connectivity index (χ2v) is 5.41. The van der Waals surface area contributed by atoms with Gasteiger partial charge < -0.3 is 9.84 Å². The van der Waals surface area contributed by atoms with Gasteiger partial charge in [-0.2, -0.15) is 0 Å². The summed E-state index contributed by atoms with van der Waals surface area (Å²) < 4.78 is 5.78. The molecule has 2 rings (SSSR count). The molecule has 1 heterocycles. The van der Waals surface area contributed by atoms with Crippen molar-refractivity contribution in [3.8, 4) is 5.75 Å². The first kappa shape index (κ1) is 13.1. The van der Waals surface area contributed by atoms with Gasteiger partial charge in [-0.3, -0.25) is 0 Å². The second-order valence-electron chi connectivity index (χ2n) is 4.12. The van der Waals surface area contributed by atoms with E-state index in [0.717, 1.165) is 22.0 Å². The molecule has 0 atom stereocenters. The number of aliphatic hydroxyl groups is 1. The highest BCUT2D eigenvalue weighted by atomic mass is 32.1. The van der Waals surface area contributed by atoms with Crippen LogP contribution in [-0.4, -0.2) is 16.7 Å². The van der Waals surface area contributed by atoms with Gasteiger partial charge >= 0.3 is 0 Å². The predicted molar refractivity (Wildman–Crippen MR) is 73.2 cm³/mol. The van der Waals surface area contributed by atoms with Crippen molar-refractivity contribution in [1.82, 2.24) is 4.98 Å². The number of nitrogens with zero attached hydrogens (tertiary/aromatic N) is 1. The summed E-state index contributed by atoms with van der Waals surface area (Å²) >= 11 is 1.67. The van der Waals surface area contributed by atoms with Crippen molar-refractivity contribution >= 4 is 11.3 Å². The molecule has 1 aromatic carbocycles. The van der Waals surface area contributed by atoms with Crippen LogP contribution >= 0.6 is 11.3 Å². The summed E-state index contributed by atoms with van der Waals surface area (Å²) in [5, 5.41) is 9.99. The Morgan fingerprint density at radius 1 is 1.28 bits per heavy atom. The van der Waals surface area contributed by atoms with Crippen molar-refractivity contribution in [2.75, 3.05) is 6.61 Å². The quantitative estimate of drug-likeness (QED) is 0.902. The van der Waals surface area contributed by atoms with Gasteiger partial charge in [-0.05, 0) is 31.9 Å². The largest absolute Gasteiger partial charge is 0.486 e. The van der Waals surface area contributed by atoms with Crippen LogP contribution in [0.25, 0.3) is 0 Å². The van der Waals surface area contributed by atoms with E-state index in [2.05, 4.69) is 11.9 Å². The Hall–Kier alpha value is -1.39. The highest BCUT2D eigenvalue weighted by molar-refractivity contribution is 7.11. The maximum absolute atomic E-state index is 9.00. The number of hydrogen-bond acceptors (Lipinski definition) is 4. The third-order valence-corrected chi connectivity index (χ3v) is 3.82. The monoisotopic (exact) mass is 263 g/mol. The van der Waals surface area contributed by atoms with E-state index in [1.165, 1.54) is 4.88 Å². The van der Waals surface area contributed by atoms with E-state index in [4.69, 9.17) is 9.84 Å². The lowest BCUT2D eigenvalue weighted by atomic mass is 10.1. The Bertz CT molecular complexity index is 503. The molecule has 0 spiro atoms. The topological polar surface area (TPSA) is 42.4 Å². The van der Waals surface area contributed by atoms with Crippen molar-refractivity contribution in [3.05, 3.63) is 45.4 Å². The molecule has 0 radical (unpaired) electrons. The van der Waals surface area contributed by atoms with Crippen LogP contribution in [-0.2, 0) is 13.0 Å². The van der Waals surface area contributed by atoms with Gasteiger partial charge in [-0.15, -0.1) is 11.3 Å². The molecular weight excluding hydrogens is 246 g/mol. The van der Waals surface area contributed by atoms with E-state index in [-0.39, 0.29) is 6.61 Å². The van der Waals surface area contributed by atoms with E-state index in [1.807, 2.05) is 31.2 Å². The van der Waals surface area contributed by atoms with E-state index in [1.54, 1.807) is 11.3 Å². The SMILES string of the molecule is Cc1nc(COc2ccccc2CCO)sc1C. The fourth-order valence-electron chi connectivity index (χ4n) is 1.71. The summed E-state index contributed by atoms with van der Waals surface area (Å²) in [5.41, 5.74) is 2.10. The summed E-state index contributed by atoms with van der Waals surface area (Å²) in [4.78, 5) is 5.68. The third kappa shape index (κ3) is 3.09. The molecule has 0 aliphatic heterocycles.